The quantitative estimate of drug-likeness (QED) is 0.767. The average Bonchev–Trinajstić information content (AvgIpc) is 2.28. The number of rotatable bonds is 5. The van der Waals surface area contributed by atoms with Crippen LogP contribution in [0.2, 0.25) is 0 Å². The van der Waals surface area contributed by atoms with E-state index in [0.29, 0.717) is 13.1 Å². The molecule has 1 aliphatic heterocycles. The lowest BCUT2D eigenvalue weighted by Crippen LogP contribution is -2.48. The van der Waals surface area contributed by atoms with Gasteiger partial charge in [0.1, 0.15) is 0 Å². The van der Waals surface area contributed by atoms with E-state index in [-0.39, 0.29) is 12.4 Å². The monoisotopic (exact) mass is 293 g/mol. The molecule has 0 unspecified atom stereocenters. The van der Waals surface area contributed by atoms with Crippen molar-refractivity contribution in [2.75, 3.05) is 26.2 Å². The minimum Gasteiger partial charge on any atom is -0.325 e. The summed E-state index contributed by atoms with van der Waals surface area (Å²) < 4.78 is 51.8. The Morgan fingerprint density at radius 3 is 2.24 bits per heavy atom. The van der Waals surface area contributed by atoms with E-state index in [2.05, 4.69) is 0 Å². The highest BCUT2D eigenvalue weighted by Crippen LogP contribution is 2.14. The molecule has 0 aromatic heterocycles. The lowest BCUT2D eigenvalue weighted by Gasteiger charge is -2.26. The topological polar surface area (TPSA) is 75.4 Å². The number of halogens is 3. The molecule has 0 spiro atoms. The van der Waals surface area contributed by atoms with Crippen LogP contribution in [0.4, 0.5) is 8.78 Å². The molecule has 0 aromatic carbocycles. The summed E-state index contributed by atoms with van der Waals surface area (Å²) in [5.74, 6) is -3.19. The molecular formula is C8H18ClF2N3O2S. The average molecular weight is 294 g/mol. The van der Waals surface area contributed by atoms with E-state index in [0.717, 1.165) is 19.3 Å². The number of hydrogen-bond acceptors (Lipinski definition) is 3. The smallest absolute Gasteiger partial charge is 0.279 e. The van der Waals surface area contributed by atoms with E-state index in [9.17, 15) is 17.2 Å². The van der Waals surface area contributed by atoms with Gasteiger partial charge in [0.15, 0.2) is 0 Å². The van der Waals surface area contributed by atoms with Gasteiger partial charge in [0, 0.05) is 13.1 Å². The molecule has 9 heteroatoms. The molecule has 0 aliphatic carbocycles. The lowest BCUT2D eigenvalue weighted by atomic mass is 10.2. The number of nitrogens with one attached hydrogen (secondary N) is 1. The van der Waals surface area contributed by atoms with Crippen LogP contribution in [0.15, 0.2) is 0 Å². The van der Waals surface area contributed by atoms with Crippen LogP contribution in [0.3, 0.4) is 0 Å². The van der Waals surface area contributed by atoms with Crippen LogP contribution in [0.25, 0.3) is 0 Å². The van der Waals surface area contributed by atoms with Gasteiger partial charge in [-0.25, -0.2) is 8.78 Å². The summed E-state index contributed by atoms with van der Waals surface area (Å²) in [5, 5.41) is 0. The van der Waals surface area contributed by atoms with Crippen molar-refractivity contribution in [2.45, 2.75) is 25.2 Å². The summed E-state index contributed by atoms with van der Waals surface area (Å²) in [6, 6.07) is 0. The van der Waals surface area contributed by atoms with Crippen molar-refractivity contribution in [3.8, 4) is 0 Å². The Bertz CT molecular complexity index is 321. The third-order valence-corrected chi connectivity index (χ3v) is 4.02. The fourth-order valence-electron chi connectivity index (χ4n) is 1.47. The van der Waals surface area contributed by atoms with Crippen LogP contribution in [0, 0.1) is 0 Å². The van der Waals surface area contributed by atoms with E-state index < -0.39 is 29.2 Å². The van der Waals surface area contributed by atoms with Crippen LogP contribution in [-0.2, 0) is 10.2 Å². The highest BCUT2D eigenvalue weighted by atomic mass is 35.5. The molecule has 104 valence electrons. The molecule has 1 heterocycles. The minimum atomic E-state index is -3.78. The molecule has 1 saturated heterocycles. The lowest BCUT2D eigenvalue weighted by molar-refractivity contribution is 0.0166. The second-order valence-electron chi connectivity index (χ2n) is 3.85. The maximum Gasteiger partial charge on any atom is 0.279 e. The molecule has 0 aromatic rings. The molecule has 17 heavy (non-hydrogen) atoms. The molecule has 1 rings (SSSR count). The number of alkyl halides is 2. The molecule has 3 N–H and O–H groups in total. The van der Waals surface area contributed by atoms with Crippen LogP contribution < -0.4 is 10.5 Å². The normalized spacial score (nSPS) is 18.8. The van der Waals surface area contributed by atoms with Gasteiger partial charge in [-0.2, -0.15) is 17.4 Å². The molecule has 5 nitrogen and oxygen atoms in total. The van der Waals surface area contributed by atoms with Gasteiger partial charge in [-0.3, -0.25) is 0 Å². The first-order valence-electron chi connectivity index (χ1n) is 5.20. The Morgan fingerprint density at radius 2 is 1.76 bits per heavy atom. The largest absolute Gasteiger partial charge is 0.325 e. The number of hydrogen-bond donors (Lipinski definition) is 2. The van der Waals surface area contributed by atoms with E-state index in [1.807, 2.05) is 4.72 Å². The van der Waals surface area contributed by atoms with Crippen molar-refractivity contribution in [1.29, 1.82) is 0 Å². The summed E-state index contributed by atoms with van der Waals surface area (Å²) in [7, 11) is -3.78. The predicted molar refractivity (Wildman–Crippen MR) is 63.6 cm³/mol. The number of nitrogens with zero attached hydrogens (tertiary/aromatic N) is 1. The molecule has 1 fully saturated rings. The van der Waals surface area contributed by atoms with E-state index >= 15 is 0 Å². The predicted octanol–water partition coefficient (Wildman–Crippen LogP) is 0.322. The Morgan fingerprint density at radius 1 is 1.24 bits per heavy atom. The van der Waals surface area contributed by atoms with Gasteiger partial charge < -0.3 is 5.73 Å². The van der Waals surface area contributed by atoms with Crippen molar-refractivity contribution in [1.82, 2.24) is 9.03 Å². The maximum absolute atomic E-state index is 12.8. The van der Waals surface area contributed by atoms with Crippen LogP contribution in [0.1, 0.15) is 19.3 Å². The fourth-order valence-corrected chi connectivity index (χ4v) is 2.78. The third-order valence-electron chi connectivity index (χ3n) is 2.47. The third kappa shape index (κ3) is 5.43. The molecule has 0 amide bonds. The van der Waals surface area contributed by atoms with Crippen molar-refractivity contribution < 1.29 is 17.2 Å². The van der Waals surface area contributed by atoms with Gasteiger partial charge in [-0.15, -0.1) is 12.4 Å². The Labute approximate surface area is 106 Å². The van der Waals surface area contributed by atoms with Crippen molar-refractivity contribution in [3.05, 3.63) is 0 Å². The standard InChI is InChI=1S/C8H17F2N3O2S.ClH/c9-8(10,6-11)7-12-16(14,15)13-4-2-1-3-5-13;/h12H,1-7,11H2;1H. The van der Waals surface area contributed by atoms with Crippen LogP contribution >= 0.6 is 12.4 Å². The van der Waals surface area contributed by atoms with Crippen molar-refractivity contribution >= 4 is 22.6 Å². The van der Waals surface area contributed by atoms with Gasteiger partial charge in [-0.05, 0) is 12.8 Å². The highest BCUT2D eigenvalue weighted by Gasteiger charge is 2.31. The van der Waals surface area contributed by atoms with Gasteiger partial charge in [0.05, 0.1) is 13.1 Å². The summed E-state index contributed by atoms with van der Waals surface area (Å²) in [6.45, 7) is -1.02. The molecular weight excluding hydrogens is 276 g/mol. The van der Waals surface area contributed by atoms with E-state index in [4.69, 9.17) is 5.73 Å². The van der Waals surface area contributed by atoms with Crippen LogP contribution in [0.5, 0.6) is 0 Å². The molecule has 0 bridgehead atoms. The van der Waals surface area contributed by atoms with E-state index in [1.54, 1.807) is 0 Å². The summed E-state index contributed by atoms with van der Waals surface area (Å²) in [6.07, 6.45) is 2.52. The Hall–Kier alpha value is -0.0200. The summed E-state index contributed by atoms with van der Waals surface area (Å²) in [5.41, 5.74) is 4.82. The molecule has 1 aliphatic rings. The first-order valence-corrected chi connectivity index (χ1v) is 6.64. The molecule has 0 atom stereocenters. The number of piperidine rings is 1. The van der Waals surface area contributed by atoms with Gasteiger partial charge in [0.2, 0.25) is 0 Å². The van der Waals surface area contributed by atoms with Gasteiger partial charge >= 0.3 is 0 Å². The first-order chi connectivity index (χ1) is 7.37. The maximum atomic E-state index is 12.8. The molecule has 0 saturated carbocycles. The van der Waals surface area contributed by atoms with Crippen LogP contribution in [-0.4, -0.2) is 44.8 Å². The second kappa shape index (κ2) is 6.79. The summed E-state index contributed by atoms with van der Waals surface area (Å²) >= 11 is 0. The zero-order valence-electron chi connectivity index (χ0n) is 9.36. The van der Waals surface area contributed by atoms with Gasteiger partial charge in [0.25, 0.3) is 16.1 Å². The minimum absolute atomic E-state index is 0. The first kappa shape index (κ1) is 17.0. The van der Waals surface area contributed by atoms with E-state index in [1.165, 1.54) is 4.31 Å². The zero-order valence-corrected chi connectivity index (χ0v) is 11.0. The Balaban J connectivity index is 0.00000256. The number of nitrogens with two attached hydrogens (primary N) is 1. The Kier molecular flexibility index (Phi) is 6.78. The highest BCUT2D eigenvalue weighted by molar-refractivity contribution is 7.87. The second-order valence-corrected chi connectivity index (χ2v) is 5.60. The zero-order chi connectivity index (χ0) is 12.2. The molecule has 0 radical (unpaired) electrons. The summed E-state index contributed by atoms with van der Waals surface area (Å²) in [4.78, 5) is 0. The van der Waals surface area contributed by atoms with Gasteiger partial charge in [-0.1, -0.05) is 6.42 Å². The van der Waals surface area contributed by atoms with Crippen molar-refractivity contribution in [2.24, 2.45) is 5.73 Å². The SMILES string of the molecule is Cl.NCC(F)(F)CNS(=O)(=O)N1CCCCC1. The van der Waals surface area contributed by atoms with Crippen molar-refractivity contribution in [3.63, 3.8) is 0 Å². The fraction of sp³-hybridized carbons (Fsp3) is 1.00.